The summed E-state index contributed by atoms with van der Waals surface area (Å²) < 4.78 is 1.31. The van der Waals surface area contributed by atoms with Crippen LogP contribution in [0.3, 0.4) is 0 Å². The van der Waals surface area contributed by atoms with Crippen LogP contribution in [0.15, 0.2) is 6.20 Å². The monoisotopic (exact) mass is 194 g/mol. The van der Waals surface area contributed by atoms with Gasteiger partial charge in [0.25, 0.3) is 0 Å². The normalized spacial score (nSPS) is 11.0. The Morgan fingerprint density at radius 1 is 1.71 bits per heavy atom. The number of hydrogen-bond donors (Lipinski definition) is 0. The molecule has 1 rings (SSSR count). The van der Waals surface area contributed by atoms with Crippen molar-refractivity contribution >= 4 is 5.69 Å². The summed E-state index contributed by atoms with van der Waals surface area (Å²) in [4.78, 5) is 10.0. The molecule has 1 aromatic rings. The molecule has 74 valence electrons. The van der Waals surface area contributed by atoms with Gasteiger partial charge in [0, 0.05) is 0 Å². The number of nitriles is 1. The minimum absolute atomic E-state index is 0.0617. The fraction of sp³-hybridized carbons (Fsp3) is 0.500. The molecule has 6 nitrogen and oxygen atoms in total. The van der Waals surface area contributed by atoms with Gasteiger partial charge in [0.2, 0.25) is 0 Å². The zero-order chi connectivity index (χ0) is 10.9. The van der Waals surface area contributed by atoms with E-state index in [1.165, 1.54) is 10.9 Å². The molecule has 0 spiro atoms. The third-order valence-corrected chi connectivity index (χ3v) is 1.92. The SMILES string of the molecule is Cc1nn(C(C)(C)C#N)cc1[N+](=O)[O-]. The highest BCUT2D eigenvalue weighted by atomic mass is 16.6. The van der Waals surface area contributed by atoms with Crippen LogP contribution in [0, 0.1) is 28.4 Å². The van der Waals surface area contributed by atoms with Crippen molar-refractivity contribution in [3.63, 3.8) is 0 Å². The number of rotatable bonds is 2. The van der Waals surface area contributed by atoms with E-state index >= 15 is 0 Å². The van der Waals surface area contributed by atoms with Gasteiger partial charge in [-0.25, -0.2) is 4.68 Å². The minimum Gasteiger partial charge on any atom is -0.258 e. The van der Waals surface area contributed by atoms with E-state index in [1.54, 1.807) is 20.8 Å². The van der Waals surface area contributed by atoms with Gasteiger partial charge in [-0.3, -0.25) is 10.1 Å². The molecule has 14 heavy (non-hydrogen) atoms. The van der Waals surface area contributed by atoms with Crippen molar-refractivity contribution < 1.29 is 4.92 Å². The second-order valence-electron chi connectivity index (χ2n) is 3.47. The number of nitro groups is 1. The average Bonchev–Trinajstić information content (AvgIpc) is 2.48. The standard InChI is InChI=1S/C8H10N4O2/c1-6-7(12(13)14)4-11(10-6)8(2,3)5-9/h4H,1-3H3. The van der Waals surface area contributed by atoms with Crippen molar-refractivity contribution in [2.24, 2.45) is 0 Å². The molecule has 0 saturated heterocycles. The van der Waals surface area contributed by atoms with Gasteiger partial charge in [0.05, 0.1) is 11.0 Å². The first-order valence-electron chi connectivity index (χ1n) is 4.01. The molecule has 1 aromatic heterocycles. The molecule has 0 N–H and O–H groups in total. The van der Waals surface area contributed by atoms with Crippen LogP contribution in [-0.2, 0) is 5.54 Å². The largest absolute Gasteiger partial charge is 0.309 e. The van der Waals surface area contributed by atoms with E-state index in [9.17, 15) is 10.1 Å². The van der Waals surface area contributed by atoms with Crippen molar-refractivity contribution in [1.29, 1.82) is 5.26 Å². The van der Waals surface area contributed by atoms with Crippen molar-refractivity contribution in [2.75, 3.05) is 0 Å². The zero-order valence-electron chi connectivity index (χ0n) is 8.18. The Kier molecular flexibility index (Phi) is 2.26. The molecule has 0 aromatic carbocycles. The molecule has 1 heterocycles. The van der Waals surface area contributed by atoms with E-state index in [-0.39, 0.29) is 5.69 Å². The van der Waals surface area contributed by atoms with Crippen molar-refractivity contribution in [1.82, 2.24) is 9.78 Å². The molecule has 0 aliphatic heterocycles. The molecular weight excluding hydrogens is 184 g/mol. The van der Waals surface area contributed by atoms with Gasteiger partial charge in [-0.15, -0.1) is 0 Å². The fourth-order valence-corrected chi connectivity index (χ4v) is 0.968. The minimum atomic E-state index is -0.862. The Morgan fingerprint density at radius 3 is 2.64 bits per heavy atom. The summed E-state index contributed by atoms with van der Waals surface area (Å²) >= 11 is 0. The van der Waals surface area contributed by atoms with Crippen LogP contribution in [-0.4, -0.2) is 14.7 Å². The van der Waals surface area contributed by atoms with Gasteiger partial charge in [-0.05, 0) is 20.8 Å². The maximum Gasteiger partial charge on any atom is 0.309 e. The van der Waals surface area contributed by atoms with Crippen molar-refractivity contribution in [2.45, 2.75) is 26.3 Å². The lowest BCUT2D eigenvalue weighted by Gasteiger charge is -2.14. The highest BCUT2D eigenvalue weighted by Crippen LogP contribution is 2.20. The number of aryl methyl sites for hydroxylation is 1. The second-order valence-corrected chi connectivity index (χ2v) is 3.47. The highest BCUT2D eigenvalue weighted by molar-refractivity contribution is 5.32. The van der Waals surface area contributed by atoms with E-state index < -0.39 is 10.5 Å². The molecule has 0 unspecified atom stereocenters. The summed E-state index contributed by atoms with van der Waals surface area (Å²) in [6.45, 7) is 4.83. The summed E-state index contributed by atoms with van der Waals surface area (Å²) in [6, 6.07) is 2.01. The zero-order valence-corrected chi connectivity index (χ0v) is 8.18. The van der Waals surface area contributed by atoms with Gasteiger partial charge in [-0.1, -0.05) is 0 Å². The summed E-state index contributed by atoms with van der Waals surface area (Å²) in [5.74, 6) is 0. The van der Waals surface area contributed by atoms with E-state index in [0.717, 1.165) is 0 Å². The van der Waals surface area contributed by atoms with Gasteiger partial charge >= 0.3 is 5.69 Å². The number of nitrogens with zero attached hydrogens (tertiary/aromatic N) is 4. The molecule has 0 amide bonds. The molecule has 0 atom stereocenters. The first kappa shape index (κ1) is 10.2. The Morgan fingerprint density at radius 2 is 2.29 bits per heavy atom. The summed E-state index contributed by atoms with van der Waals surface area (Å²) in [7, 11) is 0. The summed E-state index contributed by atoms with van der Waals surface area (Å²) in [5.41, 5.74) is -0.606. The topological polar surface area (TPSA) is 84.8 Å². The van der Waals surface area contributed by atoms with Crippen LogP contribution >= 0.6 is 0 Å². The Labute approximate surface area is 80.9 Å². The lowest BCUT2D eigenvalue weighted by molar-refractivity contribution is -0.385. The van der Waals surface area contributed by atoms with E-state index in [0.29, 0.717) is 5.69 Å². The van der Waals surface area contributed by atoms with Crippen LogP contribution in [0.1, 0.15) is 19.5 Å². The van der Waals surface area contributed by atoms with E-state index in [4.69, 9.17) is 5.26 Å². The van der Waals surface area contributed by atoms with Crippen LogP contribution in [0.25, 0.3) is 0 Å². The van der Waals surface area contributed by atoms with Gasteiger partial charge < -0.3 is 0 Å². The first-order chi connectivity index (χ1) is 6.38. The van der Waals surface area contributed by atoms with E-state index in [1.807, 2.05) is 6.07 Å². The summed E-state index contributed by atoms with van der Waals surface area (Å²) in [6.07, 6.45) is 1.28. The van der Waals surface area contributed by atoms with Crippen LogP contribution in [0.2, 0.25) is 0 Å². The molecular formula is C8H10N4O2. The predicted molar refractivity (Wildman–Crippen MR) is 48.6 cm³/mol. The van der Waals surface area contributed by atoms with Crippen molar-refractivity contribution in [3.05, 3.63) is 22.0 Å². The molecule has 0 bridgehead atoms. The smallest absolute Gasteiger partial charge is 0.258 e. The lowest BCUT2D eigenvalue weighted by atomic mass is 10.1. The molecule has 6 heteroatoms. The van der Waals surface area contributed by atoms with Crippen LogP contribution in [0.4, 0.5) is 5.69 Å². The first-order valence-corrected chi connectivity index (χ1v) is 4.01. The molecule has 0 saturated carbocycles. The van der Waals surface area contributed by atoms with E-state index in [2.05, 4.69) is 5.10 Å². The fourth-order valence-electron chi connectivity index (χ4n) is 0.968. The van der Waals surface area contributed by atoms with Crippen LogP contribution in [0.5, 0.6) is 0 Å². The maximum absolute atomic E-state index is 10.5. The molecule has 0 fully saturated rings. The van der Waals surface area contributed by atoms with Crippen LogP contribution < -0.4 is 0 Å². The quantitative estimate of drug-likeness (QED) is 0.525. The third kappa shape index (κ3) is 1.57. The number of aromatic nitrogens is 2. The highest BCUT2D eigenvalue weighted by Gasteiger charge is 2.25. The maximum atomic E-state index is 10.5. The number of hydrogen-bond acceptors (Lipinski definition) is 4. The Balaban J connectivity index is 3.23. The van der Waals surface area contributed by atoms with Gasteiger partial charge in [0.15, 0.2) is 0 Å². The average molecular weight is 194 g/mol. The predicted octanol–water partition coefficient (Wildman–Crippen LogP) is 1.36. The Hall–Kier alpha value is -1.90. The molecule has 0 radical (unpaired) electrons. The lowest BCUT2D eigenvalue weighted by Crippen LogP contribution is -2.24. The summed E-state index contributed by atoms with van der Waals surface area (Å²) in [5, 5.41) is 23.3. The third-order valence-electron chi connectivity index (χ3n) is 1.92. The molecule has 0 aliphatic rings. The molecule has 0 aliphatic carbocycles. The Bertz CT molecular complexity index is 413. The van der Waals surface area contributed by atoms with Gasteiger partial charge in [0.1, 0.15) is 17.4 Å². The second kappa shape index (κ2) is 3.10. The van der Waals surface area contributed by atoms with Crippen molar-refractivity contribution in [3.8, 4) is 6.07 Å². The van der Waals surface area contributed by atoms with Gasteiger partial charge in [-0.2, -0.15) is 10.4 Å².